The SMILES string of the molecule is CCOCCCC(C#N)(c1cccs1)C(C)C. The van der Waals surface area contributed by atoms with Gasteiger partial charge < -0.3 is 4.74 Å². The highest BCUT2D eigenvalue weighted by Gasteiger charge is 2.36. The Morgan fingerprint density at radius 2 is 2.29 bits per heavy atom. The molecule has 0 aliphatic carbocycles. The smallest absolute Gasteiger partial charge is 0.0938 e. The van der Waals surface area contributed by atoms with Crippen LogP contribution >= 0.6 is 11.3 Å². The Kier molecular flexibility index (Phi) is 5.67. The summed E-state index contributed by atoms with van der Waals surface area (Å²) < 4.78 is 5.36. The van der Waals surface area contributed by atoms with E-state index in [2.05, 4.69) is 26.0 Å². The molecular weight excluding hydrogens is 230 g/mol. The molecule has 94 valence electrons. The van der Waals surface area contributed by atoms with Crippen molar-refractivity contribution in [1.82, 2.24) is 0 Å². The number of thiophene rings is 1. The number of ether oxygens (including phenoxy) is 1. The molecule has 0 radical (unpaired) electrons. The van der Waals surface area contributed by atoms with Gasteiger partial charge in [0.05, 0.1) is 11.5 Å². The molecule has 17 heavy (non-hydrogen) atoms. The van der Waals surface area contributed by atoms with Crippen LogP contribution in [0.1, 0.15) is 38.5 Å². The molecule has 0 saturated heterocycles. The molecule has 0 aliphatic heterocycles. The summed E-state index contributed by atoms with van der Waals surface area (Å²) in [7, 11) is 0. The minimum atomic E-state index is -0.342. The zero-order chi connectivity index (χ0) is 12.7. The molecule has 1 atom stereocenters. The summed E-state index contributed by atoms with van der Waals surface area (Å²) in [4.78, 5) is 1.19. The zero-order valence-electron chi connectivity index (χ0n) is 10.9. The van der Waals surface area contributed by atoms with E-state index in [1.54, 1.807) is 11.3 Å². The van der Waals surface area contributed by atoms with E-state index >= 15 is 0 Å². The van der Waals surface area contributed by atoms with Crippen molar-refractivity contribution >= 4 is 11.3 Å². The minimum absolute atomic E-state index is 0.327. The summed E-state index contributed by atoms with van der Waals surface area (Å²) in [5, 5.41) is 11.6. The molecule has 3 heteroatoms. The maximum absolute atomic E-state index is 9.59. The lowest BCUT2D eigenvalue weighted by molar-refractivity contribution is 0.137. The summed E-state index contributed by atoms with van der Waals surface area (Å²) >= 11 is 1.68. The van der Waals surface area contributed by atoms with Crippen molar-refractivity contribution in [2.75, 3.05) is 13.2 Å². The number of rotatable bonds is 7. The van der Waals surface area contributed by atoms with Crippen LogP contribution in [0.4, 0.5) is 0 Å². The van der Waals surface area contributed by atoms with E-state index in [0.717, 1.165) is 26.1 Å². The van der Waals surface area contributed by atoms with Gasteiger partial charge in [0.25, 0.3) is 0 Å². The van der Waals surface area contributed by atoms with E-state index in [1.165, 1.54) is 4.88 Å². The van der Waals surface area contributed by atoms with E-state index in [9.17, 15) is 5.26 Å². The van der Waals surface area contributed by atoms with Crippen molar-refractivity contribution in [3.63, 3.8) is 0 Å². The molecule has 1 aromatic rings. The summed E-state index contributed by atoms with van der Waals surface area (Å²) in [6.07, 6.45) is 1.82. The lowest BCUT2D eigenvalue weighted by Crippen LogP contribution is -2.30. The van der Waals surface area contributed by atoms with Gasteiger partial charge in [-0.05, 0) is 37.1 Å². The zero-order valence-corrected chi connectivity index (χ0v) is 11.7. The van der Waals surface area contributed by atoms with E-state index < -0.39 is 0 Å². The minimum Gasteiger partial charge on any atom is -0.382 e. The quantitative estimate of drug-likeness (QED) is 0.687. The number of hydrogen-bond donors (Lipinski definition) is 0. The topological polar surface area (TPSA) is 33.0 Å². The molecule has 1 aromatic heterocycles. The van der Waals surface area contributed by atoms with Gasteiger partial charge in [-0.15, -0.1) is 11.3 Å². The highest BCUT2D eigenvalue weighted by molar-refractivity contribution is 7.10. The molecule has 1 heterocycles. The van der Waals surface area contributed by atoms with Crippen LogP contribution in [0, 0.1) is 17.2 Å². The van der Waals surface area contributed by atoms with Crippen LogP contribution in [0.15, 0.2) is 17.5 Å². The van der Waals surface area contributed by atoms with Crippen LogP contribution in [0.5, 0.6) is 0 Å². The van der Waals surface area contributed by atoms with E-state index in [4.69, 9.17) is 4.74 Å². The van der Waals surface area contributed by atoms with Gasteiger partial charge in [-0.3, -0.25) is 0 Å². The Labute approximate surface area is 108 Å². The first-order valence-electron chi connectivity index (χ1n) is 6.20. The average molecular weight is 251 g/mol. The second kappa shape index (κ2) is 6.78. The van der Waals surface area contributed by atoms with E-state index in [-0.39, 0.29) is 5.41 Å². The van der Waals surface area contributed by atoms with Crippen molar-refractivity contribution in [1.29, 1.82) is 5.26 Å². The van der Waals surface area contributed by atoms with Crippen LogP contribution in [0.25, 0.3) is 0 Å². The third-order valence-corrected chi connectivity index (χ3v) is 4.26. The van der Waals surface area contributed by atoms with Crippen LogP contribution in [0.2, 0.25) is 0 Å². The molecule has 0 aliphatic rings. The molecule has 2 nitrogen and oxygen atoms in total. The van der Waals surface area contributed by atoms with Crippen LogP contribution in [-0.2, 0) is 10.2 Å². The van der Waals surface area contributed by atoms with Crippen molar-refractivity contribution in [2.24, 2.45) is 5.92 Å². The van der Waals surface area contributed by atoms with Crippen LogP contribution < -0.4 is 0 Å². The Balaban J connectivity index is 2.77. The Morgan fingerprint density at radius 1 is 1.53 bits per heavy atom. The predicted octanol–water partition coefficient (Wildman–Crippen LogP) is 3.98. The lowest BCUT2D eigenvalue weighted by Gasteiger charge is -2.29. The van der Waals surface area contributed by atoms with Gasteiger partial charge in [-0.2, -0.15) is 5.26 Å². The van der Waals surface area contributed by atoms with Gasteiger partial charge in [0, 0.05) is 18.1 Å². The van der Waals surface area contributed by atoms with Gasteiger partial charge in [0.1, 0.15) is 0 Å². The van der Waals surface area contributed by atoms with Gasteiger partial charge in [-0.25, -0.2) is 0 Å². The first-order valence-corrected chi connectivity index (χ1v) is 7.08. The third kappa shape index (κ3) is 3.31. The van der Waals surface area contributed by atoms with Crippen molar-refractivity contribution in [2.45, 2.75) is 39.0 Å². The Bertz CT molecular complexity index is 353. The number of nitriles is 1. The molecule has 0 spiro atoms. The Morgan fingerprint density at radius 3 is 2.76 bits per heavy atom. The molecule has 0 N–H and O–H groups in total. The molecule has 0 fully saturated rings. The van der Waals surface area contributed by atoms with Gasteiger partial charge in [0.15, 0.2) is 0 Å². The molecule has 0 aromatic carbocycles. The van der Waals surface area contributed by atoms with Crippen molar-refractivity contribution in [3.05, 3.63) is 22.4 Å². The predicted molar refractivity (Wildman–Crippen MR) is 72.2 cm³/mol. The van der Waals surface area contributed by atoms with Crippen LogP contribution in [-0.4, -0.2) is 13.2 Å². The second-order valence-electron chi connectivity index (χ2n) is 4.52. The fraction of sp³-hybridized carbons (Fsp3) is 0.643. The van der Waals surface area contributed by atoms with E-state index in [0.29, 0.717) is 5.92 Å². The molecular formula is C14H21NOS. The normalized spacial score (nSPS) is 14.5. The Hall–Kier alpha value is -0.850. The van der Waals surface area contributed by atoms with Crippen molar-refractivity contribution in [3.8, 4) is 6.07 Å². The number of nitrogens with zero attached hydrogens (tertiary/aromatic N) is 1. The van der Waals surface area contributed by atoms with Crippen molar-refractivity contribution < 1.29 is 4.74 Å². The molecule has 1 unspecified atom stereocenters. The second-order valence-corrected chi connectivity index (χ2v) is 5.46. The summed E-state index contributed by atoms with van der Waals surface area (Å²) in [5.41, 5.74) is -0.342. The average Bonchev–Trinajstić information content (AvgIpc) is 2.83. The van der Waals surface area contributed by atoms with Gasteiger partial charge in [0.2, 0.25) is 0 Å². The largest absolute Gasteiger partial charge is 0.382 e. The van der Waals surface area contributed by atoms with Gasteiger partial charge >= 0.3 is 0 Å². The fourth-order valence-corrected chi connectivity index (χ4v) is 3.12. The van der Waals surface area contributed by atoms with Gasteiger partial charge in [-0.1, -0.05) is 19.9 Å². The van der Waals surface area contributed by atoms with E-state index in [1.807, 2.05) is 18.4 Å². The summed E-state index contributed by atoms with van der Waals surface area (Å²) in [5.74, 6) is 0.327. The highest BCUT2D eigenvalue weighted by Crippen LogP contribution is 2.38. The third-order valence-electron chi connectivity index (χ3n) is 3.21. The van der Waals surface area contributed by atoms with Crippen LogP contribution in [0.3, 0.4) is 0 Å². The first-order chi connectivity index (χ1) is 8.17. The summed E-state index contributed by atoms with van der Waals surface area (Å²) in [6, 6.07) is 6.65. The standard InChI is InChI=1S/C14H21NOS/c1-4-16-9-6-8-14(11-15,12(2)3)13-7-5-10-17-13/h5,7,10,12H,4,6,8-9H2,1-3H3. The monoisotopic (exact) mass is 251 g/mol. The fourth-order valence-electron chi connectivity index (χ4n) is 2.07. The highest BCUT2D eigenvalue weighted by atomic mass is 32.1. The maximum Gasteiger partial charge on any atom is 0.0938 e. The summed E-state index contributed by atoms with van der Waals surface area (Å²) in [6.45, 7) is 7.75. The molecule has 1 rings (SSSR count). The lowest BCUT2D eigenvalue weighted by atomic mass is 9.74. The molecule has 0 bridgehead atoms. The maximum atomic E-state index is 9.59. The molecule has 0 amide bonds. The molecule has 0 saturated carbocycles. The first kappa shape index (κ1) is 14.2. The number of hydrogen-bond acceptors (Lipinski definition) is 3.